The first kappa shape index (κ1) is 23.7. The Bertz CT molecular complexity index is 1700. The summed E-state index contributed by atoms with van der Waals surface area (Å²) in [6.45, 7) is 4.10. The van der Waals surface area contributed by atoms with Gasteiger partial charge in [-0.3, -0.25) is 4.90 Å². The number of rotatable bonds is 5. The van der Waals surface area contributed by atoms with Crippen LogP contribution < -0.4 is 4.90 Å². The molecule has 0 fully saturated rings. The van der Waals surface area contributed by atoms with Crippen molar-refractivity contribution in [2.45, 2.75) is 25.6 Å². The molecule has 0 amide bonds. The summed E-state index contributed by atoms with van der Waals surface area (Å²) in [4.78, 5) is 5.28. The highest BCUT2D eigenvalue weighted by Gasteiger charge is 2.33. The predicted octanol–water partition coefficient (Wildman–Crippen LogP) is 9.12. The van der Waals surface area contributed by atoms with Crippen molar-refractivity contribution in [3.05, 3.63) is 162 Å². The fourth-order valence-corrected chi connectivity index (χ4v) is 6.46. The Kier molecular flexibility index (Phi) is 6.11. The molecule has 6 aromatic rings. The van der Waals surface area contributed by atoms with Crippen LogP contribution >= 0.6 is 0 Å². The molecule has 1 unspecified atom stereocenters. The van der Waals surface area contributed by atoms with Gasteiger partial charge in [-0.25, -0.2) is 0 Å². The normalized spacial score (nSPS) is 14.6. The molecule has 190 valence electrons. The Morgan fingerprint density at radius 1 is 0.538 bits per heavy atom. The number of hydrogen-bond donors (Lipinski definition) is 0. The van der Waals surface area contributed by atoms with E-state index in [2.05, 4.69) is 156 Å². The lowest BCUT2D eigenvalue weighted by atomic mass is 9.92. The molecule has 1 heterocycles. The highest BCUT2D eigenvalue weighted by atomic mass is 15.4. The van der Waals surface area contributed by atoms with Crippen LogP contribution in [-0.4, -0.2) is 11.6 Å². The van der Waals surface area contributed by atoms with E-state index in [1.54, 1.807) is 0 Å². The van der Waals surface area contributed by atoms with Crippen LogP contribution in [0.4, 0.5) is 5.69 Å². The minimum atomic E-state index is 0.161. The van der Waals surface area contributed by atoms with Gasteiger partial charge in [0.1, 0.15) is 0 Å². The molecule has 1 atom stereocenters. The van der Waals surface area contributed by atoms with Crippen LogP contribution in [0.3, 0.4) is 0 Å². The van der Waals surface area contributed by atoms with E-state index < -0.39 is 0 Å². The van der Waals surface area contributed by atoms with E-state index in [0.717, 1.165) is 13.2 Å². The van der Waals surface area contributed by atoms with Crippen molar-refractivity contribution < 1.29 is 0 Å². The zero-order valence-electron chi connectivity index (χ0n) is 22.2. The van der Waals surface area contributed by atoms with Crippen molar-refractivity contribution in [2.75, 3.05) is 11.6 Å². The summed E-state index contributed by atoms with van der Waals surface area (Å²) >= 11 is 0. The Hall–Kier alpha value is -4.40. The van der Waals surface area contributed by atoms with Crippen LogP contribution in [0.5, 0.6) is 0 Å². The Morgan fingerprint density at radius 3 is 1.79 bits per heavy atom. The van der Waals surface area contributed by atoms with Crippen LogP contribution in [0.25, 0.3) is 21.5 Å². The van der Waals surface area contributed by atoms with E-state index in [1.807, 2.05) is 0 Å². The molecule has 0 aliphatic carbocycles. The SMILES string of the molecule is CC(c1cccc2ccccc12)N1CN(C(c2ccccc2)c2ccccc2)Cc2ccc3ccccc3c21. The van der Waals surface area contributed by atoms with E-state index in [-0.39, 0.29) is 12.1 Å². The molecule has 0 aromatic heterocycles. The van der Waals surface area contributed by atoms with Crippen molar-refractivity contribution in [3.8, 4) is 0 Å². The maximum Gasteiger partial charge on any atom is 0.0724 e. The lowest BCUT2D eigenvalue weighted by Crippen LogP contribution is -2.45. The smallest absolute Gasteiger partial charge is 0.0724 e. The van der Waals surface area contributed by atoms with E-state index in [1.165, 1.54) is 49.5 Å². The minimum absolute atomic E-state index is 0.161. The highest BCUT2D eigenvalue weighted by Crippen LogP contribution is 2.43. The average molecular weight is 505 g/mol. The van der Waals surface area contributed by atoms with E-state index in [0.29, 0.717) is 0 Å². The van der Waals surface area contributed by atoms with Gasteiger partial charge in [0.25, 0.3) is 0 Å². The zero-order valence-corrected chi connectivity index (χ0v) is 22.2. The van der Waals surface area contributed by atoms with Crippen molar-refractivity contribution in [1.82, 2.24) is 4.90 Å². The molecule has 39 heavy (non-hydrogen) atoms. The average Bonchev–Trinajstić information content (AvgIpc) is 3.01. The first-order valence-corrected chi connectivity index (χ1v) is 13.9. The topological polar surface area (TPSA) is 6.48 Å². The van der Waals surface area contributed by atoms with Crippen molar-refractivity contribution >= 4 is 27.2 Å². The van der Waals surface area contributed by atoms with Crippen LogP contribution in [0, 0.1) is 0 Å². The fourth-order valence-electron chi connectivity index (χ4n) is 6.46. The number of benzene rings is 6. The molecule has 0 N–H and O–H groups in total. The molecule has 0 radical (unpaired) electrons. The molecule has 2 heteroatoms. The molecule has 0 saturated heterocycles. The highest BCUT2D eigenvalue weighted by molar-refractivity contribution is 5.97. The molecule has 0 spiro atoms. The molecule has 1 aliphatic heterocycles. The van der Waals surface area contributed by atoms with Crippen LogP contribution in [-0.2, 0) is 6.54 Å². The molecule has 1 aliphatic rings. The zero-order chi connectivity index (χ0) is 26.2. The number of fused-ring (bicyclic) bond motifs is 4. The molecule has 6 aromatic carbocycles. The minimum Gasteiger partial charge on any atom is -0.351 e. The second-order valence-electron chi connectivity index (χ2n) is 10.6. The van der Waals surface area contributed by atoms with Gasteiger partial charge in [-0.15, -0.1) is 0 Å². The molecule has 7 rings (SSSR count). The maximum atomic E-state index is 2.64. The van der Waals surface area contributed by atoms with Gasteiger partial charge in [0.05, 0.1) is 24.4 Å². The number of hydrogen-bond acceptors (Lipinski definition) is 2. The van der Waals surface area contributed by atoms with Crippen LogP contribution in [0.1, 0.15) is 41.3 Å². The van der Waals surface area contributed by atoms with Gasteiger partial charge in [0.15, 0.2) is 0 Å². The molecule has 2 nitrogen and oxygen atoms in total. The largest absolute Gasteiger partial charge is 0.351 e. The monoisotopic (exact) mass is 504 g/mol. The predicted molar refractivity (Wildman–Crippen MR) is 164 cm³/mol. The molecule has 0 bridgehead atoms. The lowest BCUT2D eigenvalue weighted by molar-refractivity contribution is 0.199. The Morgan fingerprint density at radius 2 is 1.10 bits per heavy atom. The molecular weight excluding hydrogens is 472 g/mol. The molecular formula is C37H32N2. The third kappa shape index (κ3) is 4.27. The third-order valence-electron chi connectivity index (χ3n) is 8.32. The summed E-state index contributed by atoms with van der Waals surface area (Å²) < 4.78 is 0. The van der Waals surface area contributed by atoms with Crippen LogP contribution in [0.15, 0.2) is 140 Å². The maximum absolute atomic E-state index is 2.64. The summed E-state index contributed by atoms with van der Waals surface area (Å²) in [5.41, 5.74) is 6.76. The van der Waals surface area contributed by atoms with Gasteiger partial charge in [-0.1, -0.05) is 140 Å². The summed E-state index contributed by atoms with van der Waals surface area (Å²) in [6, 6.07) is 51.3. The van der Waals surface area contributed by atoms with Crippen molar-refractivity contribution in [3.63, 3.8) is 0 Å². The summed E-state index contributed by atoms with van der Waals surface area (Å²) in [7, 11) is 0. The van der Waals surface area contributed by atoms with Gasteiger partial charge >= 0.3 is 0 Å². The van der Waals surface area contributed by atoms with E-state index in [4.69, 9.17) is 0 Å². The standard InChI is InChI=1S/C37H32N2/c1-27(33-22-12-19-28-13-8-10-20-34(28)33)39-26-38(25-32-24-23-29-14-9-11-21-35(29)37(32)39)36(30-15-4-2-5-16-30)31-17-6-3-7-18-31/h2-24,27,36H,25-26H2,1H3. The number of nitrogens with zero attached hydrogens (tertiary/aromatic N) is 2. The third-order valence-corrected chi connectivity index (χ3v) is 8.32. The quantitative estimate of drug-likeness (QED) is 0.231. The fraction of sp³-hybridized carbons (Fsp3) is 0.135. The first-order chi connectivity index (χ1) is 19.3. The van der Waals surface area contributed by atoms with Gasteiger partial charge in [0.2, 0.25) is 0 Å². The summed E-state index contributed by atoms with van der Waals surface area (Å²) in [5.74, 6) is 0. The van der Waals surface area contributed by atoms with Gasteiger partial charge in [-0.2, -0.15) is 0 Å². The number of anilines is 1. The van der Waals surface area contributed by atoms with Gasteiger partial charge in [-0.05, 0) is 45.3 Å². The van der Waals surface area contributed by atoms with E-state index >= 15 is 0 Å². The Labute approximate surface area is 230 Å². The Balaban J connectivity index is 1.41. The lowest BCUT2D eigenvalue weighted by Gasteiger charge is -2.46. The van der Waals surface area contributed by atoms with Gasteiger partial charge < -0.3 is 4.90 Å². The second kappa shape index (κ2) is 10.1. The second-order valence-corrected chi connectivity index (χ2v) is 10.6. The summed E-state index contributed by atoms with van der Waals surface area (Å²) in [6.07, 6.45) is 0. The van der Waals surface area contributed by atoms with E-state index in [9.17, 15) is 0 Å². The van der Waals surface area contributed by atoms with Crippen molar-refractivity contribution in [2.24, 2.45) is 0 Å². The van der Waals surface area contributed by atoms with Crippen LogP contribution in [0.2, 0.25) is 0 Å². The van der Waals surface area contributed by atoms with Gasteiger partial charge in [0, 0.05) is 11.9 Å². The summed E-state index contributed by atoms with van der Waals surface area (Å²) in [5, 5.41) is 5.24. The molecule has 0 saturated carbocycles. The first-order valence-electron chi connectivity index (χ1n) is 13.9. The van der Waals surface area contributed by atoms with Crippen molar-refractivity contribution in [1.29, 1.82) is 0 Å².